The number of rotatable bonds is 8. The molecule has 0 spiro atoms. The fraction of sp³-hybridized carbons (Fsp3) is 0.500. The normalized spacial score (nSPS) is 12.8. The highest BCUT2D eigenvalue weighted by Crippen LogP contribution is 2.24. The molecule has 0 aliphatic carbocycles. The van der Waals surface area contributed by atoms with E-state index >= 15 is 0 Å². The molecule has 2 aromatic rings. The topological polar surface area (TPSA) is 93.1 Å². The molecule has 2 rings (SSSR count). The van der Waals surface area contributed by atoms with Gasteiger partial charge in [0, 0.05) is 17.8 Å². The molecule has 0 bridgehead atoms. The van der Waals surface area contributed by atoms with E-state index in [1.165, 1.54) is 0 Å². The van der Waals surface area contributed by atoms with Crippen molar-refractivity contribution in [2.45, 2.75) is 53.6 Å². The van der Waals surface area contributed by atoms with Crippen molar-refractivity contribution < 1.29 is 13.2 Å². The molecule has 0 saturated carbocycles. The van der Waals surface area contributed by atoms with Gasteiger partial charge in [-0.05, 0) is 38.3 Å². The number of aromatic nitrogens is 2. The van der Waals surface area contributed by atoms with Gasteiger partial charge in [-0.25, -0.2) is 8.42 Å². The summed E-state index contributed by atoms with van der Waals surface area (Å²) in [6.07, 6.45) is 1.34. The van der Waals surface area contributed by atoms with Crippen LogP contribution in [0.25, 0.3) is 0 Å². The Morgan fingerprint density at radius 1 is 1.18 bits per heavy atom. The largest absolute Gasteiger partial charge is 0.349 e. The number of amides is 1. The number of para-hydroxylation sites is 1. The molecule has 2 N–H and O–H groups in total. The van der Waals surface area contributed by atoms with Crippen molar-refractivity contribution in [1.82, 2.24) is 15.1 Å². The SMILES string of the molecule is Cc1nn(CC(C)C)c(C)c1CC(=O)NC(C)c1ccccc1NS(C)(=O)=O. The smallest absolute Gasteiger partial charge is 0.229 e. The molecule has 8 heteroatoms. The van der Waals surface area contributed by atoms with Crippen LogP contribution in [0.15, 0.2) is 24.3 Å². The van der Waals surface area contributed by atoms with Gasteiger partial charge < -0.3 is 5.32 Å². The van der Waals surface area contributed by atoms with Crippen molar-refractivity contribution in [3.8, 4) is 0 Å². The third kappa shape index (κ3) is 5.82. The van der Waals surface area contributed by atoms with E-state index in [-0.39, 0.29) is 18.4 Å². The van der Waals surface area contributed by atoms with E-state index in [1.54, 1.807) is 18.2 Å². The minimum atomic E-state index is -3.40. The van der Waals surface area contributed by atoms with Crippen LogP contribution in [0.1, 0.15) is 49.3 Å². The number of carbonyl (C=O) groups is 1. The van der Waals surface area contributed by atoms with E-state index in [1.807, 2.05) is 31.5 Å². The summed E-state index contributed by atoms with van der Waals surface area (Å²) in [4.78, 5) is 12.6. The molecule has 154 valence electrons. The van der Waals surface area contributed by atoms with Gasteiger partial charge in [-0.2, -0.15) is 5.10 Å². The number of nitrogens with one attached hydrogen (secondary N) is 2. The summed E-state index contributed by atoms with van der Waals surface area (Å²) < 4.78 is 27.6. The van der Waals surface area contributed by atoms with Crippen LogP contribution in [0.3, 0.4) is 0 Å². The summed E-state index contributed by atoms with van der Waals surface area (Å²) in [6, 6.07) is 6.71. The van der Waals surface area contributed by atoms with Gasteiger partial charge in [0.1, 0.15) is 0 Å². The van der Waals surface area contributed by atoms with Gasteiger partial charge in [-0.3, -0.25) is 14.2 Å². The average Bonchev–Trinajstić information content (AvgIpc) is 2.80. The maximum absolute atomic E-state index is 12.6. The molecule has 0 radical (unpaired) electrons. The van der Waals surface area contributed by atoms with Gasteiger partial charge in [0.05, 0.1) is 30.1 Å². The fourth-order valence-electron chi connectivity index (χ4n) is 3.21. The summed E-state index contributed by atoms with van der Waals surface area (Å²) in [5, 5.41) is 7.52. The number of hydrogen-bond donors (Lipinski definition) is 2. The highest BCUT2D eigenvalue weighted by atomic mass is 32.2. The predicted molar refractivity (Wildman–Crippen MR) is 112 cm³/mol. The van der Waals surface area contributed by atoms with Crippen molar-refractivity contribution in [2.24, 2.45) is 5.92 Å². The fourth-order valence-corrected chi connectivity index (χ4v) is 3.80. The van der Waals surface area contributed by atoms with Crippen LogP contribution >= 0.6 is 0 Å². The molecule has 1 unspecified atom stereocenters. The van der Waals surface area contributed by atoms with Crippen molar-refractivity contribution in [3.05, 3.63) is 46.8 Å². The summed E-state index contributed by atoms with van der Waals surface area (Å²) in [7, 11) is -3.40. The van der Waals surface area contributed by atoms with E-state index in [0.29, 0.717) is 17.2 Å². The molecule has 0 aliphatic rings. The molecule has 0 fully saturated rings. The molecule has 1 atom stereocenters. The Morgan fingerprint density at radius 2 is 1.82 bits per heavy atom. The summed E-state index contributed by atoms with van der Waals surface area (Å²) in [5.41, 5.74) is 3.99. The third-order valence-electron chi connectivity index (χ3n) is 4.51. The lowest BCUT2D eigenvalue weighted by atomic mass is 10.1. The highest BCUT2D eigenvalue weighted by Gasteiger charge is 2.19. The first-order valence-electron chi connectivity index (χ1n) is 9.37. The highest BCUT2D eigenvalue weighted by molar-refractivity contribution is 7.92. The van der Waals surface area contributed by atoms with Crippen LogP contribution in [-0.2, 0) is 27.8 Å². The van der Waals surface area contributed by atoms with Gasteiger partial charge in [0.25, 0.3) is 0 Å². The molecule has 1 aromatic heterocycles. The molecular weight excluding hydrogens is 376 g/mol. The van der Waals surface area contributed by atoms with Crippen molar-refractivity contribution in [3.63, 3.8) is 0 Å². The van der Waals surface area contributed by atoms with Gasteiger partial charge >= 0.3 is 0 Å². The van der Waals surface area contributed by atoms with E-state index in [2.05, 4.69) is 29.0 Å². The Bertz CT molecular complexity index is 948. The van der Waals surface area contributed by atoms with Crippen molar-refractivity contribution in [2.75, 3.05) is 11.0 Å². The number of sulfonamides is 1. The summed E-state index contributed by atoms with van der Waals surface area (Å²) in [5.74, 6) is 0.343. The van der Waals surface area contributed by atoms with Crippen molar-refractivity contribution >= 4 is 21.6 Å². The second kappa shape index (κ2) is 8.77. The molecular formula is C20H30N4O3S. The van der Waals surface area contributed by atoms with Gasteiger partial charge in [-0.1, -0.05) is 32.0 Å². The molecule has 1 heterocycles. The first-order valence-corrected chi connectivity index (χ1v) is 11.3. The van der Waals surface area contributed by atoms with Gasteiger partial charge in [0.15, 0.2) is 0 Å². The summed E-state index contributed by atoms with van der Waals surface area (Å²) >= 11 is 0. The van der Waals surface area contributed by atoms with Crippen LogP contribution in [0.5, 0.6) is 0 Å². The number of benzene rings is 1. The number of carbonyl (C=O) groups excluding carboxylic acids is 1. The Kier molecular flexibility index (Phi) is 6.87. The quantitative estimate of drug-likeness (QED) is 0.705. The van der Waals surface area contributed by atoms with E-state index in [9.17, 15) is 13.2 Å². The molecule has 1 amide bonds. The zero-order valence-corrected chi connectivity index (χ0v) is 18.2. The first-order chi connectivity index (χ1) is 13.0. The molecule has 28 heavy (non-hydrogen) atoms. The predicted octanol–water partition coefficient (Wildman–Crippen LogP) is 2.95. The van der Waals surface area contributed by atoms with Crippen LogP contribution in [0, 0.1) is 19.8 Å². The number of nitrogens with zero attached hydrogens (tertiary/aromatic N) is 2. The molecule has 0 saturated heterocycles. The van der Waals surface area contributed by atoms with Crippen molar-refractivity contribution in [1.29, 1.82) is 0 Å². The number of aryl methyl sites for hydroxylation is 1. The zero-order valence-electron chi connectivity index (χ0n) is 17.4. The zero-order chi connectivity index (χ0) is 21.1. The van der Waals surface area contributed by atoms with E-state index in [4.69, 9.17) is 0 Å². The second-order valence-corrected chi connectivity index (χ2v) is 9.40. The Balaban J connectivity index is 2.13. The number of hydrogen-bond acceptors (Lipinski definition) is 4. The lowest BCUT2D eigenvalue weighted by Crippen LogP contribution is -2.29. The monoisotopic (exact) mass is 406 g/mol. The molecule has 7 nitrogen and oxygen atoms in total. The van der Waals surface area contributed by atoms with Crippen LogP contribution in [0.4, 0.5) is 5.69 Å². The standard InChI is InChI=1S/C20H30N4O3S/c1-13(2)12-24-16(5)18(15(4)22-24)11-20(25)21-14(3)17-9-7-8-10-19(17)23-28(6,26)27/h7-10,13-14,23H,11-12H2,1-6H3,(H,21,25). The minimum absolute atomic E-state index is 0.128. The molecule has 1 aromatic carbocycles. The lowest BCUT2D eigenvalue weighted by Gasteiger charge is -2.18. The second-order valence-electron chi connectivity index (χ2n) is 7.65. The van der Waals surface area contributed by atoms with Crippen LogP contribution < -0.4 is 10.0 Å². The number of anilines is 1. The Morgan fingerprint density at radius 3 is 2.43 bits per heavy atom. The van der Waals surface area contributed by atoms with E-state index < -0.39 is 10.0 Å². The van der Waals surface area contributed by atoms with Gasteiger partial charge in [-0.15, -0.1) is 0 Å². The van der Waals surface area contributed by atoms with E-state index in [0.717, 1.165) is 29.8 Å². The maximum atomic E-state index is 12.6. The lowest BCUT2D eigenvalue weighted by molar-refractivity contribution is -0.121. The first kappa shape index (κ1) is 21.9. The Hall–Kier alpha value is -2.35. The molecule has 0 aliphatic heterocycles. The summed E-state index contributed by atoms with van der Waals surface area (Å²) in [6.45, 7) is 10.8. The average molecular weight is 407 g/mol. The third-order valence-corrected chi connectivity index (χ3v) is 5.10. The van der Waals surface area contributed by atoms with Crippen LogP contribution in [0.2, 0.25) is 0 Å². The van der Waals surface area contributed by atoms with Crippen LogP contribution in [-0.4, -0.2) is 30.4 Å². The minimum Gasteiger partial charge on any atom is -0.349 e. The Labute approximate surface area is 167 Å². The van der Waals surface area contributed by atoms with Gasteiger partial charge in [0.2, 0.25) is 15.9 Å². The maximum Gasteiger partial charge on any atom is 0.229 e.